The normalized spacial score (nSPS) is 13.7. The van der Waals surface area contributed by atoms with Crippen molar-refractivity contribution in [2.24, 2.45) is 11.7 Å². The third-order valence-corrected chi connectivity index (χ3v) is 4.31. The van der Waals surface area contributed by atoms with Crippen LogP contribution in [0.25, 0.3) is 0 Å². The number of aliphatic hydroxyl groups is 1. The van der Waals surface area contributed by atoms with E-state index in [9.17, 15) is 29.4 Å². The number of hydrogen-bond donors (Lipinski definition) is 7. The van der Waals surface area contributed by atoms with Crippen molar-refractivity contribution in [2.45, 2.75) is 44.8 Å². The molecular weight excluding hydrogens is 408 g/mol. The van der Waals surface area contributed by atoms with Crippen molar-refractivity contribution in [1.82, 2.24) is 16.0 Å². The van der Waals surface area contributed by atoms with Crippen molar-refractivity contribution >= 4 is 23.7 Å². The molecule has 1 aromatic carbocycles. The Labute approximate surface area is 180 Å². The highest BCUT2D eigenvalue weighted by Crippen LogP contribution is 2.12. The van der Waals surface area contributed by atoms with Crippen LogP contribution >= 0.6 is 0 Å². The molecule has 3 atom stereocenters. The molecule has 1 rings (SSSR count). The Morgan fingerprint density at radius 2 is 1.61 bits per heavy atom. The number of nitrogens with two attached hydrogens (primary N) is 1. The SMILES string of the molecule is CC(C)CC(NC(=O)C(Cc1ccc(O)cc1)NC(=O)CNC(=O)C(N)CO)C(=O)O. The van der Waals surface area contributed by atoms with Crippen LogP contribution in [0.5, 0.6) is 5.75 Å². The highest BCUT2D eigenvalue weighted by Gasteiger charge is 2.27. The Hall–Kier alpha value is -3.18. The molecule has 0 radical (unpaired) electrons. The molecule has 11 nitrogen and oxygen atoms in total. The average molecular weight is 438 g/mol. The molecule has 0 aliphatic rings. The zero-order valence-electron chi connectivity index (χ0n) is 17.5. The van der Waals surface area contributed by atoms with Gasteiger partial charge < -0.3 is 37.0 Å². The van der Waals surface area contributed by atoms with Crippen LogP contribution in [0.3, 0.4) is 0 Å². The predicted octanol–water partition coefficient (Wildman–Crippen LogP) is -1.53. The lowest BCUT2D eigenvalue weighted by molar-refractivity contribution is -0.142. The fourth-order valence-corrected chi connectivity index (χ4v) is 2.67. The fourth-order valence-electron chi connectivity index (χ4n) is 2.67. The summed E-state index contributed by atoms with van der Waals surface area (Å²) in [4.78, 5) is 48.1. The van der Waals surface area contributed by atoms with Gasteiger partial charge in [-0.2, -0.15) is 0 Å². The van der Waals surface area contributed by atoms with Gasteiger partial charge in [-0.15, -0.1) is 0 Å². The van der Waals surface area contributed by atoms with Gasteiger partial charge in [0.25, 0.3) is 0 Å². The highest BCUT2D eigenvalue weighted by atomic mass is 16.4. The molecule has 172 valence electrons. The zero-order valence-corrected chi connectivity index (χ0v) is 17.5. The van der Waals surface area contributed by atoms with Crippen LogP contribution in [0.15, 0.2) is 24.3 Å². The van der Waals surface area contributed by atoms with Crippen molar-refractivity contribution in [2.75, 3.05) is 13.2 Å². The molecule has 3 amide bonds. The van der Waals surface area contributed by atoms with E-state index in [-0.39, 0.29) is 24.5 Å². The number of hydrogen-bond acceptors (Lipinski definition) is 7. The number of benzene rings is 1. The minimum atomic E-state index is -1.19. The van der Waals surface area contributed by atoms with Crippen LogP contribution in [-0.4, -0.2) is 70.3 Å². The first-order valence-electron chi connectivity index (χ1n) is 9.78. The van der Waals surface area contributed by atoms with E-state index in [1.807, 2.05) is 13.8 Å². The first-order chi connectivity index (χ1) is 14.5. The number of aromatic hydroxyl groups is 1. The van der Waals surface area contributed by atoms with Gasteiger partial charge in [0.05, 0.1) is 13.2 Å². The highest BCUT2D eigenvalue weighted by molar-refractivity contribution is 5.92. The number of carbonyl (C=O) groups excluding carboxylic acids is 3. The van der Waals surface area contributed by atoms with E-state index in [1.165, 1.54) is 12.1 Å². The molecule has 31 heavy (non-hydrogen) atoms. The molecule has 0 fully saturated rings. The summed E-state index contributed by atoms with van der Waals surface area (Å²) >= 11 is 0. The van der Waals surface area contributed by atoms with Gasteiger partial charge in [-0.25, -0.2) is 4.79 Å². The Kier molecular flexibility index (Phi) is 10.4. The topological polar surface area (TPSA) is 191 Å². The quantitative estimate of drug-likeness (QED) is 0.204. The number of aliphatic carboxylic acids is 1. The summed E-state index contributed by atoms with van der Waals surface area (Å²) in [5.41, 5.74) is 5.97. The maximum absolute atomic E-state index is 12.8. The van der Waals surface area contributed by atoms with Gasteiger partial charge in [0.1, 0.15) is 23.9 Å². The molecule has 0 bridgehead atoms. The van der Waals surface area contributed by atoms with E-state index in [0.29, 0.717) is 5.56 Å². The lowest BCUT2D eigenvalue weighted by atomic mass is 10.0. The number of rotatable bonds is 12. The van der Waals surface area contributed by atoms with Crippen molar-refractivity contribution in [3.8, 4) is 5.75 Å². The molecule has 0 aliphatic carbocycles. The van der Waals surface area contributed by atoms with Crippen molar-refractivity contribution in [1.29, 1.82) is 0 Å². The Balaban J connectivity index is 2.90. The minimum Gasteiger partial charge on any atom is -0.508 e. The first-order valence-corrected chi connectivity index (χ1v) is 9.78. The number of carbonyl (C=O) groups is 4. The van der Waals surface area contributed by atoms with E-state index in [1.54, 1.807) is 12.1 Å². The number of phenols is 1. The summed E-state index contributed by atoms with van der Waals surface area (Å²) < 4.78 is 0. The van der Waals surface area contributed by atoms with Gasteiger partial charge in [0, 0.05) is 6.42 Å². The molecule has 8 N–H and O–H groups in total. The van der Waals surface area contributed by atoms with Crippen LogP contribution in [-0.2, 0) is 25.6 Å². The van der Waals surface area contributed by atoms with Crippen molar-refractivity contribution < 1.29 is 34.5 Å². The van der Waals surface area contributed by atoms with E-state index in [0.717, 1.165) is 0 Å². The Bertz CT molecular complexity index is 767. The molecule has 0 aliphatic heterocycles. The summed E-state index contributed by atoms with van der Waals surface area (Å²) in [6.45, 7) is 2.56. The number of carboxylic acid groups (broad SMARTS) is 1. The standard InChI is InChI=1S/C20H30N4O7/c1-11(2)7-16(20(30)31)24-19(29)15(8-12-3-5-13(26)6-4-12)23-17(27)9-22-18(28)14(21)10-25/h3-6,11,14-16,25-26H,7-10,21H2,1-2H3,(H,22,28)(H,23,27)(H,24,29)(H,30,31). The molecular formula is C20H30N4O7. The predicted molar refractivity (Wildman–Crippen MR) is 111 cm³/mol. The molecule has 1 aromatic rings. The third kappa shape index (κ3) is 9.45. The summed E-state index contributed by atoms with van der Waals surface area (Å²) in [5, 5.41) is 34.8. The third-order valence-electron chi connectivity index (χ3n) is 4.31. The van der Waals surface area contributed by atoms with E-state index in [4.69, 9.17) is 10.8 Å². The van der Waals surface area contributed by atoms with Gasteiger partial charge in [-0.05, 0) is 30.0 Å². The maximum Gasteiger partial charge on any atom is 0.326 e. The summed E-state index contributed by atoms with van der Waals surface area (Å²) in [5.74, 6) is -3.29. The largest absolute Gasteiger partial charge is 0.508 e. The number of phenolic OH excluding ortho intramolecular Hbond substituents is 1. The van der Waals surface area contributed by atoms with Gasteiger partial charge in [0.15, 0.2) is 0 Å². The molecule has 0 saturated heterocycles. The first kappa shape index (κ1) is 25.9. The van der Waals surface area contributed by atoms with E-state index < -0.39 is 55.0 Å². The molecule has 11 heteroatoms. The van der Waals surface area contributed by atoms with Crippen LogP contribution in [0.4, 0.5) is 0 Å². The molecule has 0 aromatic heterocycles. The van der Waals surface area contributed by atoms with Gasteiger partial charge in [-0.1, -0.05) is 26.0 Å². The second kappa shape index (κ2) is 12.5. The number of amides is 3. The Morgan fingerprint density at radius 1 is 1.00 bits per heavy atom. The maximum atomic E-state index is 12.8. The van der Waals surface area contributed by atoms with Crippen LogP contribution in [0, 0.1) is 5.92 Å². The summed E-state index contributed by atoms with van der Waals surface area (Å²) in [7, 11) is 0. The van der Waals surface area contributed by atoms with Crippen LogP contribution in [0.2, 0.25) is 0 Å². The monoisotopic (exact) mass is 438 g/mol. The lowest BCUT2D eigenvalue weighted by Gasteiger charge is -2.22. The van der Waals surface area contributed by atoms with Crippen LogP contribution < -0.4 is 21.7 Å². The molecule has 3 unspecified atom stereocenters. The summed E-state index contributed by atoms with van der Waals surface area (Å²) in [6, 6.07) is 2.52. The lowest BCUT2D eigenvalue weighted by Crippen LogP contribution is -2.54. The van der Waals surface area contributed by atoms with E-state index in [2.05, 4.69) is 16.0 Å². The minimum absolute atomic E-state index is 0.0116. The van der Waals surface area contributed by atoms with Crippen molar-refractivity contribution in [3.05, 3.63) is 29.8 Å². The number of aliphatic hydroxyl groups excluding tert-OH is 1. The number of nitrogens with one attached hydrogen (secondary N) is 3. The van der Waals surface area contributed by atoms with Gasteiger partial charge >= 0.3 is 5.97 Å². The second-order valence-electron chi connectivity index (χ2n) is 7.53. The molecule has 0 heterocycles. The zero-order chi connectivity index (χ0) is 23.6. The van der Waals surface area contributed by atoms with Gasteiger partial charge in [-0.3, -0.25) is 14.4 Å². The van der Waals surface area contributed by atoms with Crippen molar-refractivity contribution in [3.63, 3.8) is 0 Å². The fraction of sp³-hybridized carbons (Fsp3) is 0.500. The smallest absolute Gasteiger partial charge is 0.326 e. The Morgan fingerprint density at radius 3 is 2.13 bits per heavy atom. The van der Waals surface area contributed by atoms with Gasteiger partial charge in [0.2, 0.25) is 17.7 Å². The van der Waals surface area contributed by atoms with Crippen LogP contribution in [0.1, 0.15) is 25.8 Å². The number of carboxylic acids is 1. The van der Waals surface area contributed by atoms with E-state index >= 15 is 0 Å². The summed E-state index contributed by atoms with van der Waals surface area (Å²) in [6.07, 6.45) is 0.228. The molecule has 0 spiro atoms. The average Bonchev–Trinajstić information content (AvgIpc) is 2.71. The molecule has 0 saturated carbocycles. The second-order valence-corrected chi connectivity index (χ2v) is 7.53.